The van der Waals surface area contributed by atoms with Crippen molar-refractivity contribution < 1.29 is 19.4 Å². The molecule has 0 radical (unpaired) electrons. The Labute approximate surface area is 118 Å². The van der Waals surface area contributed by atoms with E-state index in [2.05, 4.69) is 0 Å². The van der Waals surface area contributed by atoms with Crippen LogP contribution in [0.3, 0.4) is 0 Å². The van der Waals surface area contributed by atoms with Gasteiger partial charge in [-0.3, -0.25) is 4.79 Å². The van der Waals surface area contributed by atoms with Crippen LogP contribution in [0.2, 0.25) is 0 Å². The average molecular weight is 277 g/mol. The molecular weight excluding hydrogens is 258 g/mol. The minimum Gasteiger partial charge on any atom is -0.478 e. The number of carbonyl (C=O) groups excluding carboxylic acids is 1. The lowest BCUT2D eigenvalue weighted by Gasteiger charge is -2.23. The van der Waals surface area contributed by atoms with Crippen molar-refractivity contribution in [3.05, 3.63) is 29.3 Å². The number of fused-ring (bicyclic) bond motifs is 1. The Morgan fingerprint density at radius 3 is 2.65 bits per heavy atom. The Bertz CT molecular complexity index is 545. The third-order valence-electron chi connectivity index (χ3n) is 3.16. The van der Waals surface area contributed by atoms with E-state index < -0.39 is 5.97 Å². The highest BCUT2D eigenvalue weighted by atomic mass is 16.5. The van der Waals surface area contributed by atoms with Gasteiger partial charge in [-0.15, -0.1) is 0 Å². The number of carbonyl (C=O) groups is 2. The summed E-state index contributed by atoms with van der Waals surface area (Å²) < 4.78 is 5.49. The molecule has 2 rings (SSSR count). The van der Waals surface area contributed by atoms with E-state index in [-0.39, 0.29) is 23.7 Å². The Kier molecular flexibility index (Phi) is 3.81. The maximum absolute atomic E-state index is 12.2. The Balaban J connectivity index is 2.16. The van der Waals surface area contributed by atoms with Crippen molar-refractivity contribution in [3.63, 3.8) is 0 Å². The van der Waals surface area contributed by atoms with E-state index in [1.54, 1.807) is 23.1 Å². The zero-order valence-electron chi connectivity index (χ0n) is 12.0. The molecule has 0 bridgehead atoms. The molecule has 1 aliphatic heterocycles. The first-order chi connectivity index (χ1) is 9.28. The van der Waals surface area contributed by atoms with Crippen LogP contribution in [0.25, 0.3) is 0 Å². The Morgan fingerprint density at radius 2 is 2.05 bits per heavy atom. The molecule has 1 aliphatic rings. The first-order valence-electron chi connectivity index (χ1n) is 6.58. The quantitative estimate of drug-likeness (QED) is 0.918. The monoisotopic (exact) mass is 277 g/mol. The minimum atomic E-state index is -0.988. The van der Waals surface area contributed by atoms with Crippen LogP contribution in [-0.2, 0) is 16.0 Å². The average Bonchev–Trinajstić information content (AvgIpc) is 2.77. The van der Waals surface area contributed by atoms with E-state index in [1.165, 1.54) is 0 Å². The van der Waals surface area contributed by atoms with Crippen LogP contribution in [0.15, 0.2) is 18.2 Å². The highest BCUT2D eigenvalue weighted by Crippen LogP contribution is 2.29. The predicted octanol–water partition coefficient (Wildman–Crippen LogP) is 2.09. The highest BCUT2D eigenvalue weighted by Gasteiger charge is 2.26. The van der Waals surface area contributed by atoms with Crippen molar-refractivity contribution in [2.24, 2.45) is 0 Å². The minimum absolute atomic E-state index is 0.000237. The van der Waals surface area contributed by atoms with Crippen molar-refractivity contribution in [1.82, 2.24) is 0 Å². The number of amides is 1. The molecule has 0 spiro atoms. The molecule has 0 fully saturated rings. The summed E-state index contributed by atoms with van der Waals surface area (Å²) in [6.07, 6.45) is 0.747. The lowest BCUT2D eigenvalue weighted by Crippen LogP contribution is -2.35. The topological polar surface area (TPSA) is 66.8 Å². The van der Waals surface area contributed by atoms with Gasteiger partial charge in [-0.05, 0) is 44.9 Å². The summed E-state index contributed by atoms with van der Waals surface area (Å²) in [5, 5.41) is 9.02. The summed E-state index contributed by atoms with van der Waals surface area (Å²) in [7, 11) is 0. The summed E-state index contributed by atoms with van der Waals surface area (Å²) in [6.45, 7) is 6.24. The summed E-state index contributed by atoms with van der Waals surface area (Å²) in [5.41, 5.74) is 1.51. The van der Waals surface area contributed by atoms with E-state index in [4.69, 9.17) is 9.84 Å². The van der Waals surface area contributed by atoms with Gasteiger partial charge in [0.2, 0.25) is 0 Å². The zero-order valence-corrected chi connectivity index (χ0v) is 12.0. The number of nitrogens with zero attached hydrogens (tertiary/aromatic N) is 1. The molecule has 1 aromatic carbocycles. The molecule has 0 aromatic heterocycles. The number of anilines is 1. The molecule has 1 aromatic rings. The van der Waals surface area contributed by atoms with Gasteiger partial charge in [0.15, 0.2) is 0 Å². The molecule has 0 saturated heterocycles. The molecule has 0 atom stereocenters. The van der Waals surface area contributed by atoms with Crippen LogP contribution in [0.4, 0.5) is 5.69 Å². The normalized spacial score (nSPS) is 14.2. The molecule has 5 nitrogen and oxygen atoms in total. The number of benzene rings is 1. The number of hydrogen-bond donors (Lipinski definition) is 1. The number of rotatable bonds is 3. The van der Waals surface area contributed by atoms with E-state index in [0.717, 1.165) is 12.0 Å². The fourth-order valence-corrected chi connectivity index (χ4v) is 2.13. The van der Waals surface area contributed by atoms with Crippen LogP contribution in [-0.4, -0.2) is 35.7 Å². The van der Waals surface area contributed by atoms with Gasteiger partial charge < -0.3 is 14.7 Å². The fourth-order valence-electron chi connectivity index (χ4n) is 2.13. The second-order valence-electron chi connectivity index (χ2n) is 5.85. The number of ether oxygens (including phenoxy) is 1. The van der Waals surface area contributed by atoms with Gasteiger partial charge in [0.25, 0.3) is 5.91 Å². The SMILES string of the molecule is CC(C)(C)OCC(=O)N1CCc2ccc(C(=O)O)cc21. The van der Waals surface area contributed by atoms with Gasteiger partial charge in [-0.1, -0.05) is 6.07 Å². The van der Waals surface area contributed by atoms with E-state index in [1.807, 2.05) is 20.8 Å². The van der Waals surface area contributed by atoms with E-state index in [0.29, 0.717) is 12.2 Å². The largest absolute Gasteiger partial charge is 0.478 e. The first kappa shape index (κ1) is 14.5. The number of hydrogen-bond acceptors (Lipinski definition) is 3. The van der Waals surface area contributed by atoms with Crippen LogP contribution >= 0.6 is 0 Å². The van der Waals surface area contributed by atoms with Crippen molar-refractivity contribution >= 4 is 17.6 Å². The van der Waals surface area contributed by atoms with Crippen LogP contribution in [0.5, 0.6) is 0 Å². The van der Waals surface area contributed by atoms with Crippen LogP contribution in [0, 0.1) is 0 Å². The molecule has 5 heteroatoms. The smallest absolute Gasteiger partial charge is 0.335 e. The Hall–Kier alpha value is -1.88. The van der Waals surface area contributed by atoms with E-state index >= 15 is 0 Å². The molecule has 1 N–H and O–H groups in total. The molecule has 0 saturated carbocycles. The third kappa shape index (κ3) is 3.17. The molecular formula is C15H19NO4. The van der Waals surface area contributed by atoms with Gasteiger partial charge in [-0.25, -0.2) is 4.79 Å². The number of aromatic carboxylic acids is 1. The Morgan fingerprint density at radius 1 is 1.35 bits per heavy atom. The van der Waals surface area contributed by atoms with Gasteiger partial charge in [-0.2, -0.15) is 0 Å². The van der Waals surface area contributed by atoms with Crippen molar-refractivity contribution in [3.8, 4) is 0 Å². The molecule has 0 aliphatic carbocycles. The van der Waals surface area contributed by atoms with Crippen molar-refractivity contribution in [1.29, 1.82) is 0 Å². The summed E-state index contributed by atoms with van der Waals surface area (Å²) >= 11 is 0. The van der Waals surface area contributed by atoms with Crippen LogP contribution < -0.4 is 4.90 Å². The maximum Gasteiger partial charge on any atom is 0.335 e. The van der Waals surface area contributed by atoms with Gasteiger partial charge in [0.05, 0.1) is 11.2 Å². The molecule has 108 valence electrons. The third-order valence-corrected chi connectivity index (χ3v) is 3.16. The molecule has 1 heterocycles. The number of carboxylic acids is 1. The number of carboxylic acid groups (broad SMARTS) is 1. The molecule has 0 unspecified atom stereocenters. The van der Waals surface area contributed by atoms with Gasteiger partial charge in [0.1, 0.15) is 6.61 Å². The summed E-state index contributed by atoms with van der Waals surface area (Å²) in [5.74, 6) is -1.13. The van der Waals surface area contributed by atoms with Crippen molar-refractivity contribution in [2.45, 2.75) is 32.8 Å². The highest BCUT2D eigenvalue weighted by molar-refractivity contribution is 5.98. The van der Waals surface area contributed by atoms with E-state index in [9.17, 15) is 9.59 Å². The second kappa shape index (κ2) is 5.25. The summed E-state index contributed by atoms with van der Waals surface area (Å²) in [4.78, 5) is 24.8. The van der Waals surface area contributed by atoms with Gasteiger partial charge >= 0.3 is 5.97 Å². The lowest BCUT2D eigenvalue weighted by molar-refractivity contribution is -0.127. The van der Waals surface area contributed by atoms with Crippen molar-refractivity contribution in [2.75, 3.05) is 18.1 Å². The maximum atomic E-state index is 12.2. The standard InChI is InChI=1S/C15H19NO4/c1-15(2,3)20-9-13(17)16-7-6-10-4-5-11(14(18)19)8-12(10)16/h4-5,8H,6-7,9H2,1-3H3,(H,18,19). The first-order valence-corrected chi connectivity index (χ1v) is 6.58. The molecule has 1 amide bonds. The lowest BCUT2D eigenvalue weighted by atomic mass is 10.1. The second-order valence-corrected chi connectivity index (χ2v) is 5.85. The fraction of sp³-hybridized carbons (Fsp3) is 0.467. The summed E-state index contributed by atoms with van der Waals surface area (Å²) in [6, 6.07) is 4.90. The van der Waals surface area contributed by atoms with Crippen LogP contribution in [0.1, 0.15) is 36.7 Å². The molecule has 20 heavy (non-hydrogen) atoms. The van der Waals surface area contributed by atoms with Gasteiger partial charge in [0, 0.05) is 12.2 Å². The predicted molar refractivity (Wildman–Crippen MR) is 75.2 cm³/mol. The zero-order chi connectivity index (χ0) is 14.9.